The highest BCUT2D eigenvalue weighted by atomic mass is 35.5. The van der Waals surface area contributed by atoms with Crippen molar-refractivity contribution in [1.29, 1.82) is 0 Å². The summed E-state index contributed by atoms with van der Waals surface area (Å²) in [5.74, 6) is 1.91. The standard InChI is InChI=1S/C33H43ClN8O4S/c1-6-22-17-27(31(45-4)20-28(22)42-10-7-24(8-11-42)41-14-12-39(2)13-15-41)37-33-35-21-25(34)32(38-33)36-26-19-30-23(9-16-46-30)18-29(26)40(3)47(5,43)44/h6,17-21,24H,1,7-16H2,2-5H3,(H2,35,36,37,38). The SMILES string of the molecule is C=Cc1cc(Nc2ncc(Cl)c(Nc3cc4c(cc3N(C)S(C)(=O)=O)CCO4)n2)c(OC)cc1N1CCC(N2CCN(C)CC2)CC1. The van der Waals surface area contributed by atoms with Crippen LogP contribution in [0.25, 0.3) is 6.08 Å². The first-order valence-corrected chi connectivity index (χ1v) is 18.1. The van der Waals surface area contributed by atoms with Crippen molar-refractivity contribution < 1.29 is 17.9 Å². The Labute approximate surface area is 282 Å². The highest BCUT2D eigenvalue weighted by molar-refractivity contribution is 7.92. The summed E-state index contributed by atoms with van der Waals surface area (Å²) in [4.78, 5) is 16.5. The molecule has 2 fully saturated rings. The third-order valence-electron chi connectivity index (χ3n) is 9.32. The number of sulfonamides is 1. The molecule has 0 saturated carbocycles. The molecule has 0 atom stereocenters. The van der Waals surface area contributed by atoms with Crippen LogP contribution >= 0.6 is 11.6 Å². The summed E-state index contributed by atoms with van der Waals surface area (Å²) in [6.07, 6.45) is 7.45. The van der Waals surface area contributed by atoms with Gasteiger partial charge in [0.25, 0.3) is 0 Å². The number of nitrogens with zero attached hydrogens (tertiary/aromatic N) is 6. The molecule has 2 saturated heterocycles. The fourth-order valence-electron chi connectivity index (χ4n) is 6.46. The monoisotopic (exact) mass is 682 g/mol. The summed E-state index contributed by atoms with van der Waals surface area (Å²) >= 11 is 6.54. The van der Waals surface area contributed by atoms with Gasteiger partial charge < -0.3 is 29.9 Å². The molecule has 6 rings (SSSR count). The van der Waals surface area contributed by atoms with Gasteiger partial charge >= 0.3 is 0 Å². The molecule has 0 bridgehead atoms. The number of halogens is 1. The maximum atomic E-state index is 12.5. The predicted molar refractivity (Wildman–Crippen MR) is 190 cm³/mol. The number of aromatic nitrogens is 2. The number of piperazine rings is 1. The van der Waals surface area contributed by atoms with Crippen molar-refractivity contribution in [3.05, 3.63) is 53.2 Å². The molecule has 2 aromatic carbocycles. The van der Waals surface area contributed by atoms with E-state index < -0.39 is 10.0 Å². The molecule has 0 unspecified atom stereocenters. The van der Waals surface area contributed by atoms with Gasteiger partial charge in [-0.15, -0.1) is 0 Å². The van der Waals surface area contributed by atoms with Crippen LogP contribution in [0, 0.1) is 0 Å². The first kappa shape index (κ1) is 33.1. The third kappa shape index (κ3) is 7.23. The Balaban J connectivity index is 1.22. The van der Waals surface area contributed by atoms with Crippen LogP contribution in [0.4, 0.5) is 34.5 Å². The minimum Gasteiger partial charge on any atom is -0.494 e. The van der Waals surface area contributed by atoms with Crippen LogP contribution in [0.3, 0.4) is 0 Å². The maximum Gasteiger partial charge on any atom is 0.232 e. The third-order valence-corrected chi connectivity index (χ3v) is 10.8. The minimum absolute atomic E-state index is 0.263. The molecule has 0 aliphatic carbocycles. The lowest BCUT2D eigenvalue weighted by Gasteiger charge is -2.43. The number of likely N-dealkylation sites (N-methyl/N-ethyl adjacent to an activating group) is 1. The molecule has 14 heteroatoms. The molecule has 2 N–H and O–H groups in total. The van der Waals surface area contributed by atoms with Crippen LogP contribution in [0.1, 0.15) is 24.0 Å². The lowest BCUT2D eigenvalue weighted by molar-refractivity contribution is 0.0982. The zero-order valence-corrected chi connectivity index (χ0v) is 29.0. The Morgan fingerprint density at radius 1 is 1.09 bits per heavy atom. The molecule has 4 heterocycles. The molecule has 3 aliphatic heterocycles. The minimum atomic E-state index is -3.54. The van der Waals surface area contributed by atoms with E-state index in [1.54, 1.807) is 13.2 Å². The number of hydrogen-bond acceptors (Lipinski definition) is 11. The van der Waals surface area contributed by atoms with Gasteiger partial charge in [-0.2, -0.15) is 4.98 Å². The second-order valence-electron chi connectivity index (χ2n) is 12.3. The Morgan fingerprint density at radius 2 is 1.83 bits per heavy atom. The van der Waals surface area contributed by atoms with Crippen molar-refractivity contribution in [3.63, 3.8) is 0 Å². The fourth-order valence-corrected chi connectivity index (χ4v) is 7.11. The Hall–Kier alpha value is -3.78. The summed E-state index contributed by atoms with van der Waals surface area (Å²) in [5, 5.41) is 6.76. The summed E-state index contributed by atoms with van der Waals surface area (Å²) in [5.41, 5.74) is 4.62. The summed E-state index contributed by atoms with van der Waals surface area (Å²) in [6, 6.07) is 8.25. The Bertz CT molecular complexity index is 1740. The van der Waals surface area contributed by atoms with E-state index in [0.29, 0.717) is 53.4 Å². The lowest BCUT2D eigenvalue weighted by atomic mass is 10.00. The molecular formula is C33H43ClN8O4S. The summed E-state index contributed by atoms with van der Waals surface area (Å²) < 4.78 is 37.7. The number of nitrogens with one attached hydrogen (secondary N) is 2. The number of methoxy groups -OCH3 is 1. The first-order chi connectivity index (χ1) is 22.5. The molecule has 12 nitrogen and oxygen atoms in total. The Morgan fingerprint density at radius 3 is 2.51 bits per heavy atom. The van der Waals surface area contributed by atoms with Gasteiger partial charge in [-0.1, -0.05) is 24.3 Å². The van der Waals surface area contributed by atoms with Gasteiger partial charge in [0, 0.05) is 76.6 Å². The van der Waals surface area contributed by atoms with Gasteiger partial charge in [0.05, 0.1) is 43.2 Å². The molecule has 0 amide bonds. The van der Waals surface area contributed by atoms with Crippen LogP contribution in [-0.2, 0) is 16.4 Å². The van der Waals surface area contributed by atoms with Crippen LogP contribution in [0.5, 0.6) is 11.5 Å². The van der Waals surface area contributed by atoms with E-state index in [0.717, 1.165) is 75.2 Å². The highest BCUT2D eigenvalue weighted by Gasteiger charge is 2.28. The van der Waals surface area contributed by atoms with Gasteiger partial charge in [0.1, 0.15) is 16.5 Å². The van der Waals surface area contributed by atoms with Crippen LogP contribution < -0.4 is 29.3 Å². The van der Waals surface area contributed by atoms with E-state index >= 15 is 0 Å². The molecule has 3 aromatic rings. The number of fused-ring (bicyclic) bond motifs is 1. The molecule has 252 valence electrons. The van der Waals surface area contributed by atoms with Gasteiger partial charge in [-0.25, -0.2) is 13.4 Å². The molecule has 3 aliphatic rings. The molecule has 0 spiro atoms. The van der Waals surface area contributed by atoms with Gasteiger partial charge in [-0.3, -0.25) is 9.21 Å². The summed E-state index contributed by atoms with van der Waals surface area (Å²) in [6.45, 7) is 11.1. The van der Waals surface area contributed by atoms with E-state index in [1.807, 2.05) is 24.3 Å². The van der Waals surface area contributed by atoms with E-state index in [2.05, 4.69) is 48.9 Å². The average Bonchev–Trinajstić information content (AvgIpc) is 3.53. The van der Waals surface area contributed by atoms with E-state index in [1.165, 1.54) is 17.5 Å². The zero-order chi connectivity index (χ0) is 33.3. The van der Waals surface area contributed by atoms with E-state index in [-0.39, 0.29) is 11.0 Å². The summed E-state index contributed by atoms with van der Waals surface area (Å²) in [7, 11) is 1.81. The largest absolute Gasteiger partial charge is 0.494 e. The number of anilines is 6. The van der Waals surface area contributed by atoms with Crippen molar-refractivity contribution >= 4 is 62.2 Å². The van der Waals surface area contributed by atoms with Gasteiger partial charge in [0.15, 0.2) is 5.82 Å². The van der Waals surface area contributed by atoms with Crippen molar-refractivity contribution in [1.82, 2.24) is 19.8 Å². The highest BCUT2D eigenvalue weighted by Crippen LogP contribution is 2.40. The normalized spacial score (nSPS) is 17.6. The zero-order valence-electron chi connectivity index (χ0n) is 27.4. The van der Waals surface area contributed by atoms with Crippen LogP contribution in [-0.4, -0.2) is 108 Å². The van der Waals surface area contributed by atoms with Crippen LogP contribution in [0.2, 0.25) is 5.02 Å². The van der Waals surface area contributed by atoms with E-state index in [4.69, 9.17) is 21.1 Å². The number of benzene rings is 2. The van der Waals surface area contributed by atoms with E-state index in [9.17, 15) is 8.42 Å². The maximum absolute atomic E-state index is 12.5. The average molecular weight is 683 g/mol. The number of piperidine rings is 1. The van der Waals surface area contributed by atoms with Crippen molar-refractivity contribution in [2.45, 2.75) is 25.3 Å². The molecule has 1 aromatic heterocycles. The van der Waals surface area contributed by atoms with Crippen molar-refractivity contribution in [2.24, 2.45) is 0 Å². The quantitative estimate of drug-likeness (QED) is 0.307. The van der Waals surface area contributed by atoms with Crippen molar-refractivity contribution in [2.75, 3.05) is 93.2 Å². The number of hydrogen-bond donors (Lipinski definition) is 2. The van der Waals surface area contributed by atoms with Gasteiger partial charge in [-0.05, 0) is 43.1 Å². The topological polar surface area (TPSA) is 115 Å². The molecule has 47 heavy (non-hydrogen) atoms. The smallest absolute Gasteiger partial charge is 0.232 e. The van der Waals surface area contributed by atoms with Crippen molar-refractivity contribution in [3.8, 4) is 11.5 Å². The first-order valence-electron chi connectivity index (χ1n) is 15.9. The Kier molecular flexibility index (Phi) is 9.70. The molecule has 0 radical (unpaired) electrons. The molecular weight excluding hydrogens is 640 g/mol. The van der Waals surface area contributed by atoms with Gasteiger partial charge in [0.2, 0.25) is 16.0 Å². The lowest BCUT2D eigenvalue weighted by Crippen LogP contribution is -2.52. The number of ether oxygens (including phenoxy) is 2. The second-order valence-corrected chi connectivity index (χ2v) is 14.7. The fraction of sp³-hybridized carbons (Fsp3) is 0.455. The number of rotatable bonds is 10. The van der Waals surface area contributed by atoms with Crippen LogP contribution in [0.15, 0.2) is 37.0 Å². The predicted octanol–water partition coefficient (Wildman–Crippen LogP) is 4.82. The second kappa shape index (κ2) is 13.8.